The minimum atomic E-state index is -0.834. The molecule has 0 atom stereocenters. The normalized spacial score (nSPS) is 17.9. The Morgan fingerprint density at radius 1 is 1.47 bits per heavy atom. The molecule has 1 aromatic heterocycles. The molecular formula is C12H17N3O2. The summed E-state index contributed by atoms with van der Waals surface area (Å²) in [5.41, 5.74) is 0.0837. The van der Waals surface area contributed by atoms with Crippen LogP contribution in [0.3, 0.4) is 0 Å². The van der Waals surface area contributed by atoms with Crippen molar-refractivity contribution in [3.05, 3.63) is 18.1 Å². The fourth-order valence-corrected chi connectivity index (χ4v) is 2.28. The first-order valence-electron chi connectivity index (χ1n) is 5.99. The van der Waals surface area contributed by atoms with Gasteiger partial charge >= 0.3 is 5.97 Å². The Bertz CT molecular complexity index is 414. The van der Waals surface area contributed by atoms with Crippen LogP contribution in [0.25, 0.3) is 0 Å². The summed E-state index contributed by atoms with van der Waals surface area (Å²) in [5, 5.41) is 12.4. The zero-order valence-electron chi connectivity index (χ0n) is 9.94. The van der Waals surface area contributed by atoms with Gasteiger partial charge in [0, 0.05) is 11.8 Å². The van der Waals surface area contributed by atoms with E-state index in [1.807, 2.05) is 13.0 Å². The lowest BCUT2D eigenvalue weighted by Crippen LogP contribution is -2.43. The Labute approximate surface area is 100 Å². The number of aromatic nitrogens is 2. The Kier molecular flexibility index (Phi) is 3.26. The number of hydrogen-bond acceptors (Lipinski definition) is 4. The van der Waals surface area contributed by atoms with Crippen LogP contribution < -0.4 is 5.32 Å². The van der Waals surface area contributed by atoms with E-state index in [1.165, 1.54) is 6.33 Å². The molecule has 1 aliphatic carbocycles. The van der Waals surface area contributed by atoms with Gasteiger partial charge in [-0.25, -0.2) is 14.8 Å². The minimum absolute atomic E-state index is 0.612. The number of carbonyl (C=O) groups is 1. The Morgan fingerprint density at radius 2 is 2.18 bits per heavy atom. The first-order valence-corrected chi connectivity index (χ1v) is 5.99. The van der Waals surface area contributed by atoms with Crippen LogP contribution in [0.15, 0.2) is 12.4 Å². The molecule has 17 heavy (non-hydrogen) atoms. The summed E-state index contributed by atoms with van der Waals surface area (Å²) in [6.07, 6.45) is 5.51. The van der Waals surface area contributed by atoms with Crippen molar-refractivity contribution in [2.75, 3.05) is 5.32 Å². The van der Waals surface area contributed by atoms with E-state index in [0.29, 0.717) is 18.7 Å². The second-order valence-electron chi connectivity index (χ2n) is 4.47. The molecule has 0 radical (unpaired) electrons. The number of aliphatic carboxylic acids is 1. The molecule has 1 heterocycles. The monoisotopic (exact) mass is 235 g/mol. The number of hydrogen-bond donors (Lipinski definition) is 2. The lowest BCUT2D eigenvalue weighted by atomic mass is 9.98. The highest BCUT2D eigenvalue weighted by atomic mass is 16.4. The van der Waals surface area contributed by atoms with Gasteiger partial charge in [0.05, 0.1) is 0 Å². The third-order valence-corrected chi connectivity index (χ3v) is 3.32. The van der Waals surface area contributed by atoms with Crippen LogP contribution in [-0.2, 0) is 11.2 Å². The van der Waals surface area contributed by atoms with Crippen molar-refractivity contribution in [2.24, 2.45) is 0 Å². The van der Waals surface area contributed by atoms with Gasteiger partial charge in [-0.3, -0.25) is 0 Å². The van der Waals surface area contributed by atoms with E-state index in [0.717, 1.165) is 25.0 Å². The van der Waals surface area contributed by atoms with E-state index >= 15 is 0 Å². The number of carboxylic acid groups (broad SMARTS) is 1. The summed E-state index contributed by atoms with van der Waals surface area (Å²) in [5.74, 6) is -0.173. The number of anilines is 1. The average Bonchev–Trinajstić information content (AvgIpc) is 2.79. The molecular weight excluding hydrogens is 218 g/mol. The summed E-state index contributed by atoms with van der Waals surface area (Å²) < 4.78 is 0. The van der Waals surface area contributed by atoms with E-state index < -0.39 is 11.5 Å². The van der Waals surface area contributed by atoms with Gasteiger partial charge in [-0.15, -0.1) is 0 Å². The Hall–Kier alpha value is -1.65. The highest BCUT2D eigenvalue weighted by molar-refractivity contribution is 5.82. The summed E-state index contributed by atoms with van der Waals surface area (Å²) in [4.78, 5) is 19.6. The smallest absolute Gasteiger partial charge is 0.329 e. The maximum absolute atomic E-state index is 11.4. The Balaban J connectivity index is 2.20. The second kappa shape index (κ2) is 4.69. The van der Waals surface area contributed by atoms with Gasteiger partial charge in [0.25, 0.3) is 0 Å². The first-order chi connectivity index (χ1) is 8.16. The molecule has 2 rings (SSSR count). The maximum Gasteiger partial charge on any atom is 0.329 e. The maximum atomic E-state index is 11.4. The predicted octanol–water partition coefficient (Wildman–Crippen LogP) is 1.85. The Morgan fingerprint density at radius 3 is 2.76 bits per heavy atom. The molecule has 1 fully saturated rings. The van der Waals surface area contributed by atoms with Gasteiger partial charge in [0.1, 0.15) is 17.7 Å². The molecule has 1 aliphatic rings. The molecule has 0 amide bonds. The quantitative estimate of drug-likeness (QED) is 0.833. The lowest BCUT2D eigenvalue weighted by molar-refractivity contribution is -0.142. The van der Waals surface area contributed by atoms with Crippen LogP contribution in [0.4, 0.5) is 5.82 Å². The summed E-state index contributed by atoms with van der Waals surface area (Å²) in [7, 11) is 0. The molecule has 5 nitrogen and oxygen atoms in total. The average molecular weight is 235 g/mol. The molecule has 0 aromatic carbocycles. The molecule has 0 unspecified atom stereocenters. The third-order valence-electron chi connectivity index (χ3n) is 3.32. The zero-order chi connectivity index (χ0) is 12.3. The van der Waals surface area contributed by atoms with Gasteiger partial charge < -0.3 is 10.4 Å². The van der Waals surface area contributed by atoms with Gasteiger partial charge in [-0.2, -0.15) is 0 Å². The number of rotatable bonds is 4. The van der Waals surface area contributed by atoms with Crippen molar-refractivity contribution < 1.29 is 9.90 Å². The van der Waals surface area contributed by atoms with Crippen LogP contribution in [0.5, 0.6) is 0 Å². The summed E-state index contributed by atoms with van der Waals surface area (Å²) >= 11 is 0. The van der Waals surface area contributed by atoms with Crippen LogP contribution in [0.2, 0.25) is 0 Å². The van der Waals surface area contributed by atoms with Crippen LogP contribution in [-0.4, -0.2) is 26.6 Å². The molecule has 0 aliphatic heterocycles. The molecule has 0 bridgehead atoms. The van der Waals surface area contributed by atoms with Gasteiger partial charge in [-0.1, -0.05) is 19.8 Å². The molecule has 1 saturated carbocycles. The fraction of sp³-hybridized carbons (Fsp3) is 0.583. The van der Waals surface area contributed by atoms with Gasteiger partial charge in [-0.05, 0) is 19.3 Å². The van der Waals surface area contributed by atoms with Crippen molar-refractivity contribution in [3.8, 4) is 0 Å². The number of aryl methyl sites for hydroxylation is 1. The zero-order valence-corrected chi connectivity index (χ0v) is 9.94. The van der Waals surface area contributed by atoms with Crippen molar-refractivity contribution in [3.63, 3.8) is 0 Å². The second-order valence-corrected chi connectivity index (χ2v) is 4.47. The van der Waals surface area contributed by atoms with E-state index in [2.05, 4.69) is 15.3 Å². The summed E-state index contributed by atoms with van der Waals surface area (Å²) in [6.45, 7) is 2.01. The van der Waals surface area contributed by atoms with Crippen molar-refractivity contribution >= 4 is 11.8 Å². The van der Waals surface area contributed by atoms with E-state index in [1.54, 1.807) is 0 Å². The highest BCUT2D eigenvalue weighted by Gasteiger charge is 2.41. The fourth-order valence-electron chi connectivity index (χ4n) is 2.28. The molecule has 0 saturated heterocycles. The lowest BCUT2D eigenvalue weighted by Gasteiger charge is -2.25. The standard InChI is InChI=1S/C12H17N3O2/c1-2-9-7-10(14-8-13-9)15-12(11(16)17)5-3-4-6-12/h7-8H,2-6H2,1H3,(H,16,17)(H,13,14,15). The first kappa shape index (κ1) is 11.8. The van der Waals surface area contributed by atoms with E-state index in [-0.39, 0.29) is 0 Å². The molecule has 1 aromatic rings. The minimum Gasteiger partial charge on any atom is -0.480 e. The molecule has 0 spiro atoms. The third kappa shape index (κ3) is 2.38. The van der Waals surface area contributed by atoms with Gasteiger partial charge in [0.2, 0.25) is 0 Å². The van der Waals surface area contributed by atoms with Crippen LogP contribution in [0, 0.1) is 0 Å². The largest absolute Gasteiger partial charge is 0.480 e. The SMILES string of the molecule is CCc1cc(NC2(C(=O)O)CCCC2)ncn1. The van der Waals surface area contributed by atoms with Gasteiger partial charge in [0.15, 0.2) is 0 Å². The van der Waals surface area contributed by atoms with E-state index in [4.69, 9.17) is 0 Å². The molecule has 5 heteroatoms. The number of nitrogens with one attached hydrogen (secondary N) is 1. The molecule has 2 N–H and O–H groups in total. The summed E-state index contributed by atoms with van der Waals surface area (Å²) in [6, 6.07) is 1.82. The van der Waals surface area contributed by atoms with Crippen LogP contribution >= 0.6 is 0 Å². The predicted molar refractivity (Wildman–Crippen MR) is 63.9 cm³/mol. The van der Waals surface area contributed by atoms with Crippen LogP contribution in [0.1, 0.15) is 38.3 Å². The number of nitrogens with zero attached hydrogens (tertiary/aromatic N) is 2. The molecule has 92 valence electrons. The van der Waals surface area contributed by atoms with Crippen molar-refractivity contribution in [2.45, 2.75) is 44.6 Å². The van der Waals surface area contributed by atoms with Crippen molar-refractivity contribution in [1.29, 1.82) is 0 Å². The topological polar surface area (TPSA) is 75.1 Å². The highest BCUT2D eigenvalue weighted by Crippen LogP contribution is 2.32. The van der Waals surface area contributed by atoms with E-state index in [9.17, 15) is 9.90 Å². The number of carboxylic acids is 1. The van der Waals surface area contributed by atoms with Crippen molar-refractivity contribution in [1.82, 2.24) is 9.97 Å².